The molecule has 5 rings (SSSR count). The van der Waals surface area contributed by atoms with Crippen LogP contribution in [0.15, 0.2) is 60.8 Å². The van der Waals surface area contributed by atoms with Crippen molar-refractivity contribution in [3.05, 3.63) is 77.9 Å². The first-order valence-corrected chi connectivity index (χ1v) is 11.0. The third-order valence-corrected chi connectivity index (χ3v) is 6.08. The molecule has 1 aliphatic heterocycles. The van der Waals surface area contributed by atoms with Crippen LogP contribution in [0.25, 0.3) is 10.9 Å². The van der Waals surface area contributed by atoms with E-state index >= 15 is 0 Å². The Hall–Kier alpha value is -4.05. The van der Waals surface area contributed by atoms with Crippen LogP contribution in [-0.4, -0.2) is 29.2 Å². The van der Waals surface area contributed by atoms with E-state index in [-0.39, 0.29) is 11.9 Å². The molecule has 0 radical (unpaired) electrons. The summed E-state index contributed by atoms with van der Waals surface area (Å²) in [6.07, 6.45) is 3.32. The lowest BCUT2D eigenvalue weighted by molar-refractivity contribution is 0.171. The van der Waals surface area contributed by atoms with Gasteiger partial charge < -0.3 is 19.9 Å². The SMILES string of the molecule is Cc1c(N2CCC(Oc3ccccc3)CC2)cc(C#N)nc1Nc1ccc2c(F)c[nH]c2c1. The third-order valence-electron chi connectivity index (χ3n) is 6.08. The number of nitriles is 1. The maximum absolute atomic E-state index is 13.8. The minimum Gasteiger partial charge on any atom is -0.490 e. The van der Waals surface area contributed by atoms with E-state index < -0.39 is 0 Å². The summed E-state index contributed by atoms with van der Waals surface area (Å²) in [4.78, 5) is 9.71. The number of halogens is 1. The summed E-state index contributed by atoms with van der Waals surface area (Å²) in [7, 11) is 0. The van der Waals surface area contributed by atoms with Gasteiger partial charge in [0.2, 0.25) is 0 Å². The molecule has 0 amide bonds. The Morgan fingerprint density at radius 2 is 1.94 bits per heavy atom. The maximum atomic E-state index is 13.8. The molecular formula is C26H24FN5O. The standard InChI is InChI=1S/C26H24FN5O/c1-17-25(32-11-9-21(10-12-32)33-20-5-3-2-4-6-20)14-19(15-28)31-26(17)30-18-7-8-22-23(27)16-29-24(22)13-18/h2-8,13-14,16,21,29H,9-12H2,1H3,(H,30,31). The second-order valence-corrected chi connectivity index (χ2v) is 8.25. The van der Waals surface area contributed by atoms with Crippen LogP contribution >= 0.6 is 0 Å². The second kappa shape index (κ2) is 8.83. The van der Waals surface area contributed by atoms with Gasteiger partial charge in [-0.15, -0.1) is 0 Å². The lowest BCUT2D eigenvalue weighted by atomic mass is 10.0. The van der Waals surface area contributed by atoms with Gasteiger partial charge in [0.25, 0.3) is 0 Å². The van der Waals surface area contributed by atoms with Crippen LogP contribution in [-0.2, 0) is 0 Å². The minimum absolute atomic E-state index is 0.173. The molecule has 33 heavy (non-hydrogen) atoms. The number of hydrogen-bond donors (Lipinski definition) is 2. The van der Waals surface area contributed by atoms with Gasteiger partial charge >= 0.3 is 0 Å². The van der Waals surface area contributed by atoms with E-state index in [0.717, 1.165) is 48.6 Å². The fourth-order valence-corrected chi connectivity index (χ4v) is 4.31. The molecule has 2 aromatic heterocycles. The molecule has 166 valence electrons. The van der Waals surface area contributed by atoms with Crippen molar-refractivity contribution in [1.29, 1.82) is 5.26 Å². The van der Waals surface area contributed by atoms with Gasteiger partial charge in [0, 0.05) is 54.5 Å². The Morgan fingerprint density at radius 3 is 2.70 bits per heavy atom. The average molecular weight is 442 g/mol. The number of fused-ring (bicyclic) bond motifs is 1. The van der Waals surface area contributed by atoms with Gasteiger partial charge in [0.15, 0.2) is 0 Å². The highest BCUT2D eigenvalue weighted by Gasteiger charge is 2.23. The predicted octanol–water partition coefficient (Wildman–Crippen LogP) is 5.67. The molecule has 7 heteroatoms. The smallest absolute Gasteiger partial charge is 0.148 e. The van der Waals surface area contributed by atoms with Crippen molar-refractivity contribution in [2.45, 2.75) is 25.9 Å². The zero-order valence-corrected chi connectivity index (χ0v) is 18.3. The molecule has 0 bridgehead atoms. The number of piperidine rings is 1. The summed E-state index contributed by atoms with van der Waals surface area (Å²) in [5, 5.41) is 13.4. The van der Waals surface area contributed by atoms with Crippen molar-refractivity contribution >= 4 is 28.1 Å². The van der Waals surface area contributed by atoms with E-state index in [1.54, 1.807) is 6.07 Å². The number of pyridine rings is 1. The largest absolute Gasteiger partial charge is 0.490 e. The molecule has 0 saturated carbocycles. The van der Waals surface area contributed by atoms with Gasteiger partial charge in [-0.3, -0.25) is 0 Å². The first-order valence-electron chi connectivity index (χ1n) is 11.0. The molecule has 0 aliphatic carbocycles. The van der Waals surface area contributed by atoms with Crippen molar-refractivity contribution in [2.24, 2.45) is 0 Å². The molecule has 0 spiro atoms. The molecule has 0 atom stereocenters. The summed E-state index contributed by atoms with van der Waals surface area (Å²) in [6, 6.07) is 19.3. The highest BCUT2D eigenvalue weighted by atomic mass is 19.1. The highest BCUT2D eigenvalue weighted by molar-refractivity contribution is 5.84. The van der Waals surface area contributed by atoms with Crippen LogP contribution in [0.3, 0.4) is 0 Å². The number of H-pyrrole nitrogens is 1. The van der Waals surface area contributed by atoms with Gasteiger partial charge in [-0.2, -0.15) is 5.26 Å². The number of para-hydroxylation sites is 1. The number of hydrogen-bond acceptors (Lipinski definition) is 5. The third kappa shape index (κ3) is 4.33. The Morgan fingerprint density at radius 1 is 1.15 bits per heavy atom. The van der Waals surface area contributed by atoms with Gasteiger partial charge in [0.05, 0.1) is 5.52 Å². The average Bonchev–Trinajstić information content (AvgIpc) is 3.21. The fourth-order valence-electron chi connectivity index (χ4n) is 4.31. The van der Waals surface area contributed by atoms with Crippen LogP contribution in [0.5, 0.6) is 5.75 Å². The number of nitrogens with one attached hydrogen (secondary N) is 2. The van der Waals surface area contributed by atoms with E-state index in [1.165, 1.54) is 6.20 Å². The van der Waals surface area contributed by atoms with Gasteiger partial charge in [-0.05, 0) is 43.3 Å². The molecule has 0 unspecified atom stereocenters. The normalized spacial score (nSPS) is 14.3. The van der Waals surface area contributed by atoms with E-state index in [4.69, 9.17) is 4.74 Å². The Balaban J connectivity index is 1.35. The summed E-state index contributed by atoms with van der Waals surface area (Å²) in [5.74, 6) is 1.24. The Labute approximate surface area is 191 Å². The minimum atomic E-state index is -0.278. The molecule has 6 nitrogen and oxygen atoms in total. The van der Waals surface area contributed by atoms with Crippen molar-refractivity contribution in [2.75, 3.05) is 23.3 Å². The predicted molar refractivity (Wildman–Crippen MR) is 128 cm³/mol. The summed E-state index contributed by atoms with van der Waals surface area (Å²) in [5.41, 5.74) is 3.79. The summed E-state index contributed by atoms with van der Waals surface area (Å²) >= 11 is 0. The zero-order chi connectivity index (χ0) is 22.8. The fraction of sp³-hybridized carbons (Fsp3) is 0.231. The molecule has 4 aromatic rings. The van der Waals surface area contributed by atoms with Crippen molar-refractivity contribution < 1.29 is 9.13 Å². The molecule has 3 heterocycles. The van der Waals surface area contributed by atoms with Crippen molar-refractivity contribution in [3.8, 4) is 11.8 Å². The molecule has 2 aromatic carbocycles. The first-order chi connectivity index (χ1) is 16.1. The number of aromatic amines is 1. The van der Waals surface area contributed by atoms with Gasteiger partial charge in [-0.1, -0.05) is 18.2 Å². The quantitative estimate of drug-likeness (QED) is 0.417. The molecule has 1 fully saturated rings. The lowest BCUT2D eigenvalue weighted by Crippen LogP contribution is -2.38. The summed E-state index contributed by atoms with van der Waals surface area (Å²) in [6.45, 7) is 3.67. The van der Waals surface area contributed by atoms with Crippen LogP contribution in [0.2, 0.25) is 0 Å². The van der Waals surface area contributed by atoms with Gasteiger partial charge in [0.1, 0.15) is 35.3 Å². The number of ether oxygens (including phenoxy) is 1. The number of anilines is 3. The topological polar surface area (TPSA) is 77.0 Å². The molecule has 2 N–H and O–H groups in total. The highest BCUT2D eigenvalue weighted by Crippen LogP contribution is 2.32. The van der Waals surface area contributed by atoms with Crippen molar-refractivity contribution in [1.82, 2.24) is 9.97 Å². The first kappa shape index (κ1) is 20.8. The van der Waals surface area contributed by atoms with Gasteiger partial charge in [-0.25, -0.2) is 9.37 Å². The maximum Gasteiger partial charge on any atom is 0.148 e. The van der Waals surface area contributed by atoms with E-state index in [0.29, 0.717) is 22.4 Å². The van der Waals surface area contributed by atoms with E-state index in [9.17, 15) is 9.65 Å². The number of benzene rings is 2. The number of rotatable bonds is 5. The van der Waals surface area contributed by atoms with E-state index in [2.05, 4.69) is 26.3 Å². The van der Waals surface area contributed by atoms with Crippen LogP contribution in [0.4, 0.5) is 21.6 Å². The number of nitrogens with zero attached hydrogens (tertiary/aromatic N) is 3. The summed E-state index contributed by atoms with van der Waals surface area (Å²) < 4.78 is 19.9. The van der Waals surface area contributed by atoms with E-state index in [1.807, 2.05) is 55.5 Å². The van der Waals surface area contributed by atoms with Crippen molar-refractivity contribution in [3.63, 3.8) is 0 Å². The Kier molecular flexibility index (Phi) is 5.57. The second-order valence-electron chi connectivity index (χ2n) is 8.25. The molecule has 1 aliphatic rings. The van der Waals surface area contributed by atoms with Crippen LogP contribution in [0, 0.1) is 24.1 Å². The van der Waals surface area contributed by atoms with Crippen LogP contribution in [0.1, 0.15) is 24.1 Å². The number of aromatic nitrogens is 2. The monoisotopic (exact) mass is 441 g/mol. The zero-order valence-electron chi connectivity index (χ0n) is 18.3. The lowest BCUT2D eigenvalue weighted by Gasteiger charge is -2.35. The Bertz CT molecular complexity index is 1320. The molecular weight excluding hydrogens is 417 g/mol. The van der Waals surface area contributed by atoms with Crippen LogP contribution < -0.4 is 15.0 Å². The molecule has 1 saturated heterocycles.